The molecule has 2 aliphatic carbocycles. The minimum absolute atomic E-state index is 0.108. The number of hydrogen-bond acceptors (Lipinski definition) is 4. The van der Waals surface area contributed by atoms with Gasteiger partial charge in [-0.05, 0) is 44.4 Å². The van der Waals surface area contributed by atoms with Crippen molar-refractivity contribution in [2.24, 2.45) is 0 Å². The van der Waals surface area contributed by atoms with E-state index in [-0.39, 0.29) is 5.54 Å². The van der Waals surface area contributed by atoms with Crippen LogP contribution in [0.4, 0.5) is 0 Å². The first kappa shape index (κ1) is 21.4. The first-order valence-electron chi connectivity index (χ1n) is 11.6. The monoisotopic (exact) mass is 408 g/mol. The number of aliphatic hydroxyl groups is 1. The quantitative estimate of drug-likeness (QED) is 0.609. The second kappa shape index (κ2) is 9.95. The number of rotatable bonds is 10. The highest BCUT2D eigenvalue weighted by molar-refractivity contribution is 5.35. The van der Waals surface area contributed by atoms with E-state index in [1.165, 1.54) is 50.5 Å². The Balaban J connectivity index is 1.29. The van der Waals surface area contributed by atoms with Gasteiger partial charge in [0, 0.05) is 30.2 Å². The zero-order chi connectivity index (χ0) is 20.8. The Morgan fingerprint density at radius 1 is 1.03 bits per heavy atom. The van der Waals surface area contributed by atoms with Crippen molar-refractivity contribution in [1.29, 1.82) is 0 Å². The van der Waals surface area contributed by atoms with E-state index in [1.807, 2.05) is 12.1 Å². The third-order valence-electron chi connectivity index (χ3n) is 6.79. The molecular formula is C26H36N2O2. The maximum Gasteiger partial charge on any atom is 0.123 e. The second-order valence-electron chi connectivity index (χ2n) is 9.11. The van der Waals surface area contributed by atoms with Crippen molar-refractivity contribution in [2.75, 3.05) is 20.2 Å². The van der Waals surface area contributed by atoms with Crippen LogP contribution in [-0.4, -0.2) is 42.4 Å². The van der Waals surface area contributed by atoms with E-state index in [0.717, 1.165) is 17.9 Å². The van der Waals surface area contributed by atoms with Gasteiger partial charge in [0.05, 0.1) is 0 Å². The topological polar surface area (TPSA) is 44.7 Å². The molecular weight excluding hydrogens is 372 g/mol. The largest absolute Gasteiger partial charge is 0.491 e. The van der Waals surface area contributed by atoms with Gasteiger partial charge in [-0.15, -0.1) is 0 Å². The van der Waals surface area contributed by atoms with Crippen LogP contribution in [0.3, 0.4) is 0 Å². The van der Waals surface area contributed by atoms with Crippen molar-refractivity contribution in [3.8, 4) is 5.75 Å². The summed E-state index contributed by atoms with van der Waals surface area (Å²) in [5.41, 5.74) is 2.62. The molecule has 4 heteroatoms. The maximum atomic E-state index is 10.5. The molecule has 0 unspecified atom stereocenters. The van der Waals surface area contributed by atoms with E-state index in [0.29, 0.717) is 19.2 Å². The smallest absolute Gasteiger partial charge is 0.123 e. The van der Waals surface area contributed by atoms with Gasteiger partial charge < -0.3 is 20.1 Å². The molecule has 1 atom stereocenters. The second-order valence-corrected chi connectivity index (χ2v) is 9.11. The van der Waals surface area contributed by atoms with Crippen molar-refractivity contribution in [3.63, 3.8) is 0 Å². The molecule has 0 spiro atoms. The van der Waals surface area contributed by atoms with E-state index >= 15 is 0 Å². The molecule has 0 aromatic heterocycles. The van der Waals surface area contributed by atoms with Crippen LogP contribution < -0.4 is 10.1 Å². The van der Waals surface area contributed by atoms with Crippen LogP contribution in [0.5, 0.6) is 5.75 Å². The SMILES string of the molecule is CN(C[C@H](O)COc1ccccc1CNC1(c2ccccc2)CC1)C1CCCCC1. The van der Waals surface area contributed by atoms with Crippen molar-refractivity contribution >= 4 is 0 Å². The van der Waals surface area contributed by atoms with Crippen LogP contribution in [0.2, 0.25) is 0 Å². The lowest BCUT2D eigenvalue weighted by Crippen LogP contribution is -2.40. The molecule has 2 aromatic carbocycles. The van der Waals surface area contributed by atoms with E-state index in [9.17, 15) is 5.11 Å². The van der Waals surface area contributed by atoms with Gasteiger partial charge in [0.1, 0.15) is 18.5 Å². The Morgan fingerprint density at radius 2 is 1.73 bits per heavy atom. The molecule has 2 saturated carbocycles. The average molecular weight is 409 g/mol. The average Bonchev–Trinajstić information content (AvgIpc) is 3.59. The first-order valence-corrected chi connectivity index (χ1v) is 11.6. The molecule has 4 nitrogen and oxygen atoms in total. The van der Waals surface area contributed by atoms with Gasteiger partial charge in [0.25, 0.3) is 0 Å². The lowest BCUT2D eigenvalue weighted by Gasteiger charge is -2.32. The molecule has 2 fully saturated rings. The number of ether oxygens (including phenoxy) is 1. The zero-order valence-electron chi connectivity index (χ0n) is 18.2. The summed E-state index contributed by atoms with van der Waals surface area (Å²) in [6.07, 6.45) is 8.35. The van der Waals surface area contributed by atoms with Gasteiger partial charge in [-0.1, -0.05) is 67.8 Å². The number of para-hydroxylation sites is 1. The standard InChI is InChI=1S/C26H36N2O2/c1-28(23-13-6-3-7-14-23)19-24(29)20-30-25-15-9-8-10-21(25)18-27-26(16-17-26)22-11-4-2-5-12-22/h2,4-5,8-12,15,23-24,27,29H,3,6-7,13-14,16-20H2,1H3/t24-/m0/s1. The molecule has 2 aliphatic rings. The summed E-state index contributed by atoms with van der Waals surface area (Å²) in [7, 11) is 2.13. The van der Waals surface area contributed by atoms with Crippen LogP contribution in [0.25, 0.3) is 0 Å². The van der Waals surface area contributed by atoms with Gasteiger partial charge in [-0.3, -0.25) is 0 Å². The number of benzene rings is 2. The number of nitrogens with one attached hydrogen (secondary N) is 1. The summed E-state index contributed by atoms with van der Waals surface area (Å²) >= 11 is 0. The minimum atomic E-state index is -0.475. The Labute approximate surface area is 181 Å². The van der Waals surface area contributed by atoms with E-state index in [1.54, 1.807) is 0 Å². The maximum absolute atomic E-state index is 10.5. The van der Waals surface area contributed by atoms with Crippen molar-refractivity contribution in [3.05, 3.63) is 65.7 Å². The first-order chi connectivity index (χ1) is 14.7. The highest BCUT2D eigenvalue weighted by Crippen LogP contribution is 2.45. The fourth-order valence-corrected chi connectivity index (χ4v) is 4.75. The predicted molar refractivity (Wildman–Crippen MR) is 122 cm³/mol. The number of nitrogens with zero attached hydrogens (tertiary/aromatic N) is 1. The number of aliphatic hydroxyl groups excluding tert-OH is 1. The van der Waals surface area contributed by atoms with Gasteiger partial charge in [-0.2, -0.15) is 0 Å². The molecule has 0 amide bonds. The fourth-order valence-electron chi connectivity index (χ4n) is 4.75. The Kier molecular flexibility index (Phi) is 7.08. The molecule has 4 rings (SSSR count). The van der Waals surface area contributed by atoms with Crippen molar-refractivity contribution in [1.82, 2.24) is 10.2 Å². The lowest BCUT2D eigenvalue weighted by molar-refractivity contribution is 0.0558. The summed E-state index contributed by atoms with van der Waals surface area (Å²) in [5, 5.41) is 14.3. The molecule has 2 N–H and O–H groups in total. The van der Waals surface area contributed by atoms with E-state index in [4.69, 9.17) is 4.74 Å². The molecule has 0 aliphatic heterocycles. The van der Waals surface area contributed by atoms with Crippen molar-refractivity contribution in [2.45, 2.75) is 69.2 Å². The molecule has 2 aromatic rings. The third kappa shape index (κ3) is 5.42. The van der Waals surface area contributed by atoms with Crippen LogP contribution in [0, 0.1) is 0 Å². The van der Waals surface area contributed by atoms with Crippen LogP contribution in [0.15, 0.2) is 54.6 Å². The van der Waals surface area contributed by atoms with Gasteiger partial charge in [0.15, 0.2) is 0 Å². The van der Waals surface area contributed by atoms with Gasteiger partial charge >= 0.3 is 0 Å². The normalized spacial score (nSPS) is 19.6. The van der Waals surface area contributed by atoms with Gasteiger partial charge in [-0.25, -0.2) is 0 Å². The van der Waals surface area contributed by atoms with E-state index < -0.39 is 6.10 Å². The summed E-state index contributed by atoms with van der Waals surface area (Å²) in [6.45, 7) is 1.77. The Morgan fingerprint density at radius 3 is 2.47 bits per heavy atom. The van der Waals surface area contributed by atoms with Crippen molar-refractivity contribution < 1.29 is 9.84 Å². The van der Waals surface area contributed by atoms with E-state index in [2.05, 4.69) is 59.7 Å². The summed E-state index contributed by atoms with van der Waals surface area (Å²) < 4.78 is 6.06. The Bertz CT molecular complexity index is 785. The molecule has 0 bridgehead atoms. The number of hydrogen-bond donors (Lipinski definition) is 2. The minimum Gasteiger partial charge on any atom is -0.491 e. The highest BCUT2D eigenvalue weighted by atomic mass is 16.5. The molecule has 0 heterocycles. The van der Waals surface area contributed by atoms with Crippen LogP contribution in [0.1, 0.15) is 56.1 Å². The lowest BCUT2D eigenvalue weighted by atomic mass is 9.94. The number of likely N-dealkylation sites (N-methyl/N-ethyl adjacent to an activating group) is 1. The highest BCUT2D eigenvalue weighted by Gasteiger charge is 2.43. The third-order valence-corrected chi connectivity index (χ3v) is 6.79. The fraction of sp³-hybridized carbons (Fsp3) is 0.538. The molecule has 30 heavy (non-hydrogen) atoms. The Hall–Kier alpha value is -1.88. The zero-order valence-corrected chi connectivity index (χ0v) is 18.2. The molecule has 0 saturated heterocycles. The summed E-state index contributed by atoms with van der Waals surface area (Å²) in [5.74, 6) is 0.869. The molecule has 0 radical (unpaired) electrons. The predicted octanol–water partition coefficient (Wildman–Crippen LogP) is 4.47. The summed E-state index contributed by atoms with van der Waals surface area (Å²) in [4.78, 5) is 2.32. The van der Waals surface area contributed by atoms with Crippen LogP contribution >= 0.6 is 0 Å². The molecule has 162 valence electrons. The van der Waals surface area contributed by atoms with Crippen LogP contribution in [-0.2, 0) is 12.1 Å². The summed E-state index contributed by atoms with van der Waals surface area (Å²) in [6, 6.07) is 19.5. The van der Waals surface area contributed by atoms with Gasteiger partial charge in [0.2, 0.25) is 0 Å².